The summed E-state index contributed by atoms with van der Waals surface area (Å²) in [4.78, 5) is 16.8. The Hall–Kier alpha value is -2.72. The fourth-order valence-corrected chi connectivity index (χ4v) is 5.98. The average Bonchev–Trinajstić information content (AvgIpc) is 2.73. The molecule has 29 heavy (non-hydrogen) atoms. The molecular formula is C23H21AsN3O2. The van der Waals surface area contributed by atoms with Crippen molar-refractivity contribution in [2.45, 2.75) is 19.6 Å². The van der Waals surface area contributed by atoms with E-state index >= 15 is 0 Å². The van der Waals surface area contributed by atoms with Crippen LogP contribution in [-0.4, -0.2) is 37.8 Å². The number of para-hydroxylation sites is 2. The van der Waals surface area contributed by atoms with E-state index < -0.39 is 21.8 Å². The zero-order chi connectivity index (χ0) is 20.4. The number of aliphatic hydroxyl groups excluding tert-OH is 1. The molecule has 0 spiro atoms. The SMILES string of the molecule is CC(N)C(=O)Nc1cc(CO)cc([As]c2c3ccccc3nc3ccccc23)c1. The summed E-state index contributed by atoms with van der Waals surface area (Å²) in [5.41, 5.74) is 9.05. The van der Waals surface area contributed by atoms with Gasteiger partial charge < -0.3 is 0 Å². The Kier molecular flexibility index (Phi) is 5.63. The van der Waals surface area contributed by atoms with E-state index in [4.69, 9.17) is 10.7 Å². The van der Waals surface area contributed by atoms with Gasteiger partial charge in [0.25, 0.3) is 0 Å². The Morgan fingerprint density at radius 3 is 2.28 bits per heavy atom. The van der Waals surface area contributed by atoms with Gasteiger partial charge in [-0.1, -0.05) is 0 Å². The minimum absolute atomic E-state index is 0.0894. The summed E-state index contributed by atoms with van der Waals surface area (Å²) in [6, 6.07) is 21.5. The molecule has 0 fully saturated rings. The minimum atomic E-state index is -0.599. The van der Waals surface area contributed by atoms with Crippen molar-refractivity contribution in [3.05, 3.63) is 72.3 Å². The zero-order valence-electron chi connectivity index (χ0n) is 16.0. The molecule has 6 heteroatoms. The molecule has 1 atom stereocenters. The summed E-state index contributed by atoms with van der Waals surface area (Å²) in [5, 5.41) is 14.8. The molecule has 4 N–H and O–H groups in total. The second-order valence-corrected chi connectivity index (χ2v) is 9.42. The molecule has 0 aliphatic heterocycles. The standard InChI is InChI=1S/C23H21AsN3O2/c1-14(25)23(29)26-17-11-15(13-28)10-16(12-17)24-22-18-6-2-4-8-20(18)27-21-9-5-3-7-19(21)22/h2-12,14,28H,13,25H2,1H3,(H,26,29). The van der Waals surface area contributed by atoms with Crippen molar-refractivity contribution in [3.8, 4) is 0 Å². The fourth-order valence-electron chi connectivity index (χ4n) is 3.23. The number of hydrogen-bond donors (Lipinski definition) is 3. The van der Waals surface area contributed by atoms with Crippen molar-refractivity contribution in [3.63, 3.8) is 0 Å². The summed E-state index contributed by atoms with van der Waals surface area (Å²) in [5.74, 6) is -0.248. The molecule has 5 nitrogen and oxygen atoms in total. The first-order valence-corrected chi connectivity index (χ1v) is 11.2. The van der Waals surface area contributed by atoms with E-state index in [-0.39, 0.29) is 12.5 Å². The van der Waals surface area contributed by atoms with Crippen LogP contribution in [0.3, 0.4) is 0 Å². The number of anilines is 1. The van der Waals surface area contributed by atoms with Crippen LogP contribution in [0.4, 0.5) is 5.69 Å². The van der Waals surface area contributed by atoms with Gasteiger partial charge in [0.1, 0.15) is 0 Å². The third kappa shape index (κ3) is 4.18. The normalized spacial score (nSPS) is 12.7. The Morgan fingerprint density at radius 2 is 1.69 bits per heavy atom. The van der Waals surface area contributed by atoms with Crippen LogP contribution in [0.1, 0.15) is 12.5 Å². The molecule has 0 saturated carbocycles. The Bertz CT molecular complexity index is 1150. The number of pyridine rings is 1. The van der Waals surface area contributed by atoms with Gasteiger partial charge in [0, 0.05) is 0 Å². The first kappa shape index (κ1) is 19.6. The Morgan fingerprint density at radius 1 is 1.07 bits per heavy atom. The maximum atomic E-state index is 12.0. The van der Waals surface area contributed by atoms with Crippen molar-refractivity contribution in [1.29, 1.82) is 0 Å². The van der Waals surface area contributed by atoms with Gasteiger partial charge in [-0.25, -0.2) is 0 Å². The number of nitrogens with two attached hydrogens (primary N) is 1. The number of benzene rings is 3. The van der Waals surface area contributed by atoms with E-state index in [0.29, 0.717) is 5.69 Å². The molecule has 1 heterocycles. The van der Waals surface area contributed by atoms with E-state index in [1.807, 2.05) is 48.5 Å². The molecule has 1 radical (unpaired) electrons. The van der Waals surface area contributed by atoms with E-state index in [1.165, 1.54) is 4.35 Å². The second kappa shape index (κ2) is 8.34. The number of nitrogens with zero attached hydrogens (tertiary/aromatic N) is 1. The van der Waals surface area contributed by atoms with Crippen molar-refractivity contribution in [1.82, 2.24) is 4.98 Å². The van der Waals surface area contributed by atoms with Crippen LogP contribution in [-0.2, 0) is 11.4 Å². The van der Waals surface area contributed by atoms with Crippen LogP contribution in [0, 0.1) is 0 Å². The van der Waals surface area contributed by atoms with Gasteiger partial charge in [-0.3, -0.25) is 0 Å². The van der Waals surface area contributed by atoms with Gasteiger partial charge in [0.05, 0.1) is 0 Å². The molecule has 1 unspecified atom stereocenters. The topological polar surface area (TPSA) is 88.2 Å². The van der Waals surface area contributed by atoms with Crippen molar-refractivity contribution in [2.24, 2.45) is 5.73 Å². The van der Waals surface area contributed by atoms with E-state index in [2.05, 4.69) is 17.4 Å². The summed E-state index contributed by atoms with van der Waals surface area (Å²) >= 11 is -0.407. The number of aliphatic hydroxyl groups is 1. The summed E-state index contributed by atoms with van der Waals surface area (Å²) in [7, 11) is 0. The van der Waals surface area contributed by atoms with Gasteiger partial charge in [-0.2, -0.15) is 0 Å². The number of fused-ring (bicyclic) bond motifs is 2. The monoisotopic (exact) mass is 446 g/mol. The van der Waals surface area contributed by atoms with Crippen LogP contribution >= 0.6 is 0 Å². The van der Waals surface area contributed by atoms with Gasteiger partial charge in [0.2, 0.25) is 0 Å². The first-order valence-electron chi connectivity index (χ1n) is 9.35. The van der Waals surface area contributed by atoms with Crippen LogP contribution in [0.2, 0.25) is 0 Å². The van der Waals surface area contributed by atoms with Gasteiger partial charge >= 0.3 is 176 Å². The Labute approximate surface area is 175 Å². The molecular weight excluding hydrogens is 425 g/mol. The van der Waals surface area contributed by atoms with Gasteiger partial charge in [0.15, 0.2) is 0 Å². The van der Waals surface area contributed by atoms with Crippen molar-refractivity contribution >= 4 is 57.9 Å². The van der Waals surface area contributed by atoms with Gasteiger partial charge in [-0.15, -0.1) is 0 Å². The quantitative estimate of drug-likeness (QED) is 0.323. The molecule has 145 valence electrons. The number of nitrogens with one attached hydrogen (secondary N) is 1. The number of amides is 1. The molecule has 4 rings (SSSR count). The molecule has 0 bridgehead atoms. The summed E-state index contributed by atoms with van der Waals surface area (Å²) in [6.07, 6.45) is 0. The van der Waals surface area contributed by atoms with Crippen molar-refractivity contribution < 1.29 is 9.90 Å². The molecule has 1 aromatic heterocycles. The van der Waals surface area contributed by atoms with Crippen LogP contribution < -0.4 is 19.8 Å². The predicted molar refractivity (Wildman–Crippen MR) is 119 cm³/mol. The zero-order valence-corrected chi connectivity index (χ0v) is 17.8. The molecule has 0 aliphatic carbocycles. The Balaban J connectivity index is 1.82. The molecule has 4 aromatic rings. The number of carbonyl (C=O) groups is 1. The van der Waals surface area contributed by atoms with E-state index in [0.717, 1.165) is 31.7 Å². The average molecular weight is 446 g/mol. The van der Waals surface area contributed by atoms with Crippen LogP contribution in [0.15, 0.2) is 66.7 Å². The second-order valence-electron chi connectivity index (χ2n) is 6.93. The third-order valence-electron chi connectivity index (χ3n) is 4.64. The predicted octanol–water partition coefficient (Wildman–Crippen LogP) is 1.82. The number of aromatic nitrogens is 1. The third-order valence-corrected chi connectivity index (χ3v) is 7.20. The number of rotatable bonds is 5. The van der Waals surface area contributed by atoms with Crippen LogP contribution in [0.5, 0.6) is 0 Å². The molecule has 3 aromatic carbocycles. The number of hydrogen-bond acceptors (Lipinski definition) is 4. The summed E-state index contributed by atoms with van der Waals surface area (Å²) in [6.45, 7) is 1.56. The summed E-state index contributed by atoms with van der Waals surface area (Å²) < 4.78 is 2.36. The van der Waals surface area contributed by atoms with E-state index in [9.17, 15) is 9.90 Å². The fraction of sp³-hybridized carbons (Fsp3) is 0.130. The first-order chi connectivity index (χ1) is 14.0. The maximum absolute atomic E-state index is 12.0. The molecule has 0 saturated heterocycles. The number of carbonyl (C=O) groups excluding carboxylic acids is 1. The van der Waals surface area contributed by atoms with Crippen LogP contribution in [0.25, 0.3) is 21.8 Å². The molecule has 0 aliphatic rings. The molecule has 1 amide bonds. The van der Waals surface area contributed by atoms with Gasteiger partial charge in [-0.05, 0) is 0 Å². The van der Waals surface area contributed by atoms with E-state index in [1.54, 1.807) is 13.0 Å². The van der Waals surface area contributed by atoms with Crippen molar-refractivity contribution in [2.75, 3.05) is 5.32 Å².